The van der Waals surface area contributed by atoms with Crippen molar-refractivity contribution in [2.75, 3.05) is 4.90 Å². The van der Waals surface area contributed by atoms with E-state index >= 15 is 0 Å². The Hall–Kier alpha value is -5.84. The molecule has 216 valence electrons. The van der Waals surface area contributed by atoms with Crippen LogP contribution in [0.25, 0.3) is 75.2 Å². The standard InChI is InChI=1S/C42H25NO2S/c1-2-10-26(11-3-1)29-22-23-35(42-41(29)34-14-5-8-16-37(34)45-42)43(27-18-20-31-30-12-4-7-15-36(30)44-38(31)24-27)28-19-21-33-32-13-6-9-17-39(32)46-40(33)25-28/h1-25H. The molecule has 0 amide bonds. The van der Waals surface area contributed by atoms with Gasteiger partial charge in [-0.05, 0) is 59.7 Å². The smallest absolute Gasteiger partial charge is 0.160 e. The van der Waals surface area contributed by atoms with Crippen molar-refractivity contribution in [2.24, 2.45) is 0 Å². The van der Waals surface area contributed by atoms with Gasteiger partial charge in [-0.2, -0.15) is 0 Å². The molecule has 0 spiro atoms. The highest BCUT2D eigenvalue weighted by molar-refractivity contribution is 7.25. The lowest BCUT2D eigenvalue weighted by atomic mass is 9.98. The predicted octanol–water partition coefficient (Wildman–Crippen LogP) is 13.0. The van der Waals surface area contributed by atoms with E-state index in [4.69, 9.17) is 8.83 Å². The highest BCUT2D eigenvalue weighted by Gasteiger charge is 2.23. The zero-order valence-corrected chi connectivity index (χ0v) is 25.4. The number of fused-ring (bicyclic) bond motifs is 9. The van der Waals surface area contributed by atoms with Gasteiger partial charge in [-0.15, -0.1) is 11.3 Å². The van der Waals surface area contributed by atoms with Gasteiger partial charge in [-0.25, -0.2) is 0 Å². The molecule has 0 aliphatic rings. The first-order chi connectivity index (χ1) is 22.8. The van der Waals surface area contributed by atoms with Gasteiger partial charge in [0.1, 0.15) is 16.7 Å². The van der Waals surface area contributed by atoms with Gasteiger partial charge in [-0.1, -0.05) is 97.1 Å². The summed E-state index contributed by atoms with van der Waals surface area (Å²) in [7, 11) is 0. The SMILES string of the molecule is c1ccc(-c2ccc(N(c3ccc4c(c3)oc3ccccc34)c3ccc4c(c3)sc3ccccc34)c3oc4ccccc4c23)cc1. The van der Waals surface area contributed by atoms with Crippen molar-refractivity contribution >= 4 is 92.4 Å². The van der Waals surface area contributed by atoms with Crippen molar-refractivity contribution in [2.45, 2.75) is 0 Å². The summed E-state index contributed by atoms with van der Waals surface area (Å²) >= 11 is 1.83. The fourth-order valence-electron chi connectivity index (χ4n) is 6.98. The lowest BCUT2D eigenvalue weighted by Crippen LogP contribution is -2.10. The van der Waals surface area contributed by atoms with Crippen molar-refractivity contribution in [1.82, 2.24) is 0 Å². The number of nitrogens with zero attached hydrogens (tertiary/aromatic N) is 1. The quantitative estimate of drug-likeness (QED) is 0.199. The van der Waals surface area contributed by atoms with E-state index in [9.17, 15) is 0 Å². The van der Waals surface area contributed by atoms with Crippen LogP contribution in [0.15, 0.2) is 160 Å². The first kappa shape index (κ1) is 25.5. The summed E-state index contributed by atoms with van der Waals surface area (Å²) in [5.41, 5.74) is 8.81. The number of anilines is 3. The van der Waals surface area contributed by atoms with E-state index in [1.807, 2.05) is 29.5 Å². The van der Waals surface area contributed by atoms with E-state index in [0.717, 1.165) is 72.1 Å². The van der Waals surface area contributed by atoms with Crippen molar-refractivity contribution in [3.63, 3.8) is 0 Å². The summed E-state index contributed by atoms with van der Waals surface area (Å²) < 4.78 is 15.7. The second-order valence-corrected chi connectivity index (χ2v) is 12.8. The van der Waals surface area contributed by atoms with Crippen LogP contribution in [0, 0.1) is 0 Å². The van der Waals surface area contributed by atoms with E-state index in [1.165, 1.54) is 20.2 Å². The molecule has 3 nitrogen and oxygen atoms in total. The maximum atomic E-state index is 6.78. The maximum absolute atomic E-state index is 6.78. The molecule has 4 heteroatoms. The second kappa shape index (κ2) is 9.83. The van der Waals surface area contributed by atoms with Crippen LogP contribution in [0.5, 0.6) is 0 Å². The van der Waals surface area contributed by atoms with Crippen LogP contribution in [0.1, 0.15) is 0 Å². The van der Waals surface area contributed by atoms with Crippen LogP contribution in [0.3, 0.4) is 0 Å². The van der Waals surface area contributed by atoms with Crippen molar-refractivity contribution in [3.8, 4) is 11.1 Å². The molecule has 0 unspecified atom stereocenters. The van der Waals surface area contributed by atoms with Crippen LogP contribution in [0.4, 0.5) is 17.1 Å². The third kappa shape index (κ3) is 3.77. The highest BCUT2D eigenvalue weighted by Crippen LogP contribution is 2.47. The normalized spacial score (nSPS) is 11.9. The zero-order chi connectivity index (χ0) is 30.2. The molecule has 0 N–H and O–H groups in total. The van der Waals surface area contributed by atoms with Gasteiger partial charge in [0.2, 0.25) is 0 Å². The Morgan fingerprint density at radius 2 is 1.07 bits per heavy atom. The number of para-hydroxylation sites is 2. The average molecular weight is 608 g/mol. The van der Waals surface area contributed by atoms with Crippen LogP contribution in [0.2, 0.25) is 0 Å². The molecule has 0 aliphatic carbocycles. The molecular formula is C42H25NO2S. The summed E-state index contributed by atoms with van der Waals surface area (Å²) in [5, 5.41) is 6.99. The maximum Gasteiger partial charge on any atom is 0.160 e. The van der Waals surface area contributed by atoms with Gasteiger partial charge in [0.15, 0.2) is 5.58 Å². The molecule has 46 heavy (non-hydrogen) atoms. The van der Waals surface area contributed by atoms with Gasteiger partial charge in [0.25, 0.3) is 0 Å². The van der Waals surface area contributed by atoms with E-state index in [-0.39, 0.29) is 0 Å². The Bertz CT molecular complexity index is 2650. The number of furan rings is 2. The molecule has 10 aromatic rings. The Labute approximate surface area is 268 Å². The Morgan fingerprint density at radius 3 is 1.91 bits per heavy atom. The molecule has 0 radical (unpaired) electrons. The third-order valence-electron chi connectivity index (χ3n) is 9.07. The van der Waals surface area contributed by atoms with Gasteiger partial charge < -0.3 is 13.7 Å². The van der Waals surface area contributed by atoms with Crippen molar-refractivity contribution in [3.05, 3.63) is 152 Å². The lowest BCUT2D eigenvalue weighted by molar-refractivity contribution is 0.667. The van der Waals surface area contributed by atoms with E-state index in [2.05, 4.69) is 138 Å². The molecule has 0 atom stereocenters. The molecule has 0 bridgehead atoms. The number of hydrogen-bond donors (Lipinski definition) is 0. The molecule has 3 heterocycles. The second-order valence-electron chi connectivity index (χ2n) is 11.7. The predicted molar refractivity (Wildman–Crippen MR) is 194 cm³/mol. The Balaban J connectivity index is 1.27. The van der Waals surface area contributed by atoms with E-state index < -0.39 is 0 Å². The third-order valence-corrected chi connectivity index (χ3v) is 10.2. The summed E-state index contributed by atoms with van der Waals surface area (Å²) in [5.74, 6) is 0. The largest absolute Gasteiger partial charge is 0.456 e. The van der Waals surface area contributed by atoms with Crippen LogP contribution in [-0.4, -0.2) is 0 Å². The van der Waals surface area contributed by atoms with Crippen LogP contribution >= 0.6 is 11.3 Å². The molecule has 0 aliphatic heterocycles. The lowest BCUT2D eigenvalue weighted by Gasteiger charge is -2.26. The minimum Gasteiger partial charge on any atom is -0.456 e. The van der Waals surface area contributed by atoms with Gasteiger partial charge in [-0.3, -0.25) is 0 Å². The molecular weight excluding hydrogens is 583 g/mol. The molecule has 3 aromatic heterocycles. The molecule has 0 fully saturated rings. The van der Waals surface area contributed by atoms with Gasteiger partial charge in [0.05, 0.1) is 11.4 Å². The van der Waals surface area contributed by atoms with Crippen LogP contribution in [-0.2, 0) is 0 Å². The Kier molecular flexibility index (Phi) is 5.45. The van der Waals surface area contributed by atoms with E-state index in [1.54, 1.807) is 0 Å². The topological polar surface area (TPSA) is 29.5 Å². The molecule has 0 saturated carbocycles. The van der Waals surface area contributed by atoms with E-state index in [0.29, 0.717) is 0 Å². The summed E-state index contributed by atoms with van der Waals surface area (Å²) in [6.45, 7) is 0. The van der Waals surface area contributed by atoms with Gasteiger partial charge in [0, 0.05) is 53.5 Å². The summed E-state index contributed by atoms with van der Waals surface area (Å²) in [6, 6.07) is 53.5. The summed E-state index contributed by atoms with van der Waals surface area (Å²) in [6.07, 6.45) is 0. The average Bonchev–Trinajstić information content (AvgIpc) is 3.80. The van der Waals surface area contributed by atoms with Crippen molar-refractivity contribution < 1.29 is 8.83 Å². The number of thiophene rings is 1. The number of benzene rings is 7. The fourth-order valence-corrected chi connectivity index (χ4v) is 8.12. The first-order valence-corrected chi connectivity index (χ1v) is 16.2. The van der Waals surface area contributed by atoms with Gasteiger partial charge >= 0.3 is 0 Å². The summed E-state index contributed by atoms with van der Waals surface area (Å²) in [4.78, 5) is 2.32. The minimum atomic E-state index is 0.851. The first-order valence-electron chi connectivity index (χ1n) is 15.4. The monoisotopic (exact) mass is 607 g/mol. The number of rotatable bonds is 4. The molecule has 10 rings (SSSR count). The molecule has 0 saturated heterocycles. The number of hydrogen-bond acceptors (Lipinski definition) is 4. The zero-order valence-electron chi connectivity index (χ0n) is 24.6. The Morgan fingerprint density at radius 1 is 0.435 bits per heavy atom. The minimum absolute atomic E-state index is 0.851. The van der Waals surface area contributed by atoms with Crippen LogP contribution < -0.4 is 4.90 Å². The van der Waals surface area contributed by atoms with Crippen molar-refractivity contribution in [1.29, 1.82) is 0 Å². The molecule has 7 aromatic carbocycles. The highest BCUT2D eigenvalue weighted by atomic mass is 32.1. The fraction of sp³-hybridized carbons (Fsp3) is 0.